The zero-order valence-corrected chi connectivity index (χ0v) is 13.7. The van der Waals surface area contributed by atoms with Gasteiger partial charge in [0.1, 0.15) is 0 Å². The van der Waals surface area contributed by atoms with Crippen LogP contribution in [0.1, 0.15) is 36.3 Å². The lowest BCUT2D eigenvalue weighted by Gasteiger charge is -2.39. The largest absolute Gasteiger partial charge is 0.417 e. The normalized spacial score (nSPS) is 26.5. The Morgan fingerprint density at radius 2 is 1.91 bits per heavy atom. The minimum absolute atomic E-state index is 0.0946. The van der Waals surface area contributed by atoms with Crippen molar-refractivity contribution in [2.75, 3.05) is 21.2 Å². The van der Waals surface area contributed by atoms with E-state index in [1.807, 2.05) is 14.1 Å². The summed E-state index contributed by atoms with van der Waals surface area (Å²) in [6.07, 6.45) is -1.85. The van der Waals surface area contributed by atoms with E-state index in [1.54, 1.807) is 13.2 Å². The molecular weight excluding hydrogens is 315 g/mol. The Balaban J connectivity index is 2.25. The summed E-state index contributed by atoms with van der Waals surface area (Å²) in [7, 11) is 5.63. The predicted molar refractivity (Wildman–Crippen MR) is 81.3 cm³/mol. The fourth-order valence-electron chi connectivity index (χ4n) is 3.25. The Kier molecular flexibility index (Phi) is 5.41. The summed E-state index contributed by atoms with van der Waals surface area (Å²) < 4.78 is 44.5. The molecule has 1 aromatic carbocycles. The molecule has 6 heteroatoms. The van der Waals surface area contributed by atoms with Gasteiger partial charge >= 0.3 is 6.18 Å². The van der Waals surface area contributed by atoms with Crippen LogP contribution in [0.15, 0.2) is 18.2 Å². The van der Waals surface area contributed by atoms with Gasteiger partial charge in [0.05, 0.1) is 16.7 Å². The fraction of sp³-hybridized carbons (Fsp3) is 0.625. The molecule has 0 unspecified atom stereocenters. The van der Waals surface area contributed by atoms with E-state index in [4.69, 9.17) is 16.3 Å². The Bertz CT molecular complexity index is 519. The third-order valence-corrected chi connectivity index (χ3v) is 4.82. The SMILES string of the molecule is CO[C@H]1CC[C@H](c2ccc(Cl)c(C(F)(F)F)c2)C[C@@H]1N(C)C. The zero-order chi connectivity index (χ0) is 16.5. The minimum atomic E-state index is -4.42. The van der Waals surface area contributed by atoms with Crippen LogP contribution >= 0.6 is 11.6 Å². The third kappa shape index (κ3) is 3.76. The van der Waals surface area contributed by atoms with Gasteiger partial charge in [0.25, 0.3) is 0 Å². The topological polar surface area (TPSA) is 12.5 Å². The highest BCUT2D eigenvalue weighted by atomic mass is 35.5. The highest BCUT2D eigenvalue weighted by Crippen LogP contribution is 2.40. The van der Waals surface area contributed by atoms with Gasteiger partial charge in [0, 0.05) is 13.2 Å². The van der Waals surface area contributed by atoms with Gasteiger partial charge in [-0.2, -0.15) is 13.2 Å². The van der Waals surface area contributed by atoms with Crippen molar-refractivity contribution < 1.29 is 17.9 Å². The number of nitrogens with zero attached hydrogens (tertiary/aromatic N) is 1. The van der Waals surface area contributed by atoms with Crippen molar-refractivity contribution in [3.8, 4) is 0 Å². The summed E-state index contributed by atoms with van der Waals surface area (Å²) in [5.74, 6) is 0.0946. The Morgan fingerprint density at radius 1 is 1.23 bits per heavy atom. The van der Waals surface area contributed by atoms with Crippen LogP contribution in [0.3, 0.4) is 0 Å². The lowest BCUT2D eigenvalue weighted by Crippen LogP contribution is -2.44. The minimum Gasteiger partial charge on any atom is -0.380 e. The number of methoxy groups -OCH3 is 1. The molecule has 1 aromatic rings. The molecule has 1 aliphatic carbocycles. The van der Waals surface area contributed by atoms with Gasteiger partial charge in [0.15, 0.2) is 0 Å². The Hall–Kier alpha value is -0.780. The lowest BCUT2D eigenvalue weighted by molar-refractivity contribution is -0.137. The molecule has 2 nitrogen and oxygen atoms in total. The van der Waals surface area contributed by atoms with Crippen LogP contribution in [-0.2, 0) is 10.9 Å². The molecule has 1 aliphatic rings. The molecule has 0 N–H and O–H groups in total. The van der Waals surface area contributed by atoms with Crippen LogP contribution < -0.4 is 0 Å². The molecular formula is C16H21ClF3NO. The van der Waals surface area contributed by atoms with E-state index in [0.717, 1.165) is 19.3 Å². The van der Waals surface area contributed by atoms with Crippen molar-refractivity contribution in [2.45, 2.75) is 43.5 Å². The van der Waals surface area contributed by atoms with E-state index in [1.165, 1.54) is 12.1 Å². The van der Waals surface area contributed by atoms with Gasteiger partial charge < -0.3 is 9.64 Å². The number of hydrogen-bond donors (Lipinski definition) is 0. The van der Waals surface area contributed by atoms with Crippen molar-refractivity contribution in [2.24, 2.45) is 0 Å². The van der Waals surface area contributed by atoms with Crippen molar-refractivity contribution in [1.82, 2.24) is 4.90 Å². The molecule has 22 heavy (non-hydrogen) atoms. The Labute approximate surface area is 134 Å². The van der Waals surface area contributed by atoms with Crippen LogP contribution in [0.5, 0.6) is 0 Å². The van der Waals surface area contributed by atoms with Gasteiger partial charge in [-0.25, -0.2) is 0 Å². The van der Waals surface area contributed by atoms with E-state index < -0.39 is 11.7 Å². The van der Waals surface area contributed by atoms with Crippen LogP contribution in [0.25, 0.3) is 0 Å². The smallest absolute Gasteiger partial charge is 0.380 e. The van der Waals surface area contributed by atoms with Crippen molar-refractivity contribution in [1.29, 1.82) is 0 Å². The average Bonchev–Trinajstić information content (AvgIpc) is 2.45. The number of likely N-dealkylation sites (N-methyl/N-ethyl adjacent to an activating group) is 1. The molecule has 1 saturated carbocycles. The second kappa shape index (κ2) is 6.77. The molecule has 1 fully saturated rings. The third-order valence-electron chi connectivity index (χ3n) is 4.49. The van der Waals surface area contributed by atoms with Crippen LogP contribution in [0.2, 0.25) is 5.02 Å². The van der Waals surface area contributed by atoms with E-state index in [2.05, 4.69) is 4.90 Å². The van der Waals surface area contributed by atoms with Crippen LogP contribution in [0, 0.1) is 0 Å². The first-order valence-electron chi connectivity index (χ1n) is 7.30. The maximum atomic E-state index is 13.0. The number of hydrogen-bond acceptors (Lipinski definition) is 2. The van der Waals surface area contributed by atoms with Crippen LogP contribution in [-0.4, -0.2) is 38.3 Å². The van der Waals surface area contributed by atoms with Crippen molar-refractivity contribution in [3.63, 3.8) is 0 Å². The quantitative estimate of drug-likeness (QED) is 0.802. The first kappa shape index (κ1) is 17.6. The van der Waals surface area contributed by atoms with E-state index in [-0.39, 0.29) is 23.1 Å². The molecule has 0 saturated heterocycles. The number of benzene rings is 1. The summed E-state index contributed by atoms with van der Waals surface area (Å²) in [6.45, 7) is 0. The van der Waals surface area contributed by atoms with E-state index in [9.17, 15) is 13.2 Å². The van der Waals surface area contributed by atoms with Crippen LogP contribution in [0.4, 0.5) is 13.2 Å². The molecule has 2 rings (SSSR count). The Morgan fingerprint density at radius 3 is 2.45 bits per heavy atom. The van der Waals surface area contributed by atoms with E-state index >= 15 is 0 Å². The lowest BCUT2D eigenvalue weighted by atomic mass is 9.79. The van der Waals surface area contributed by atoms with Gasteiger partial charge in [-0.1, -0.05) is 17.7 Å². The molecule has 0 bridgehead atoms. The van der Waals surface area contributed by atoms with E-state index in [0.29, 0.717) is 5.56 Å². The van der Waals surface area contributed by atoms with Gasteiger partial charge in [0.2, 0.25) is 0 Å². The molecule has 0 spiro atoms. The standard InChI is InChI=1S/C16H21ClF3NO/c1-21(2)14-9-11(5-7-15(14)22-3)10-4-6-13(17)12(8-10)16(18,19)20/h4,6,8,11,14-15H,5,7,9H2,1-3H3/t11-,14-,15-/m0/s1. The number of halogens is 4. The first-order valence-corrected chi connectivity index (χ1v) is 7.67. The molecule has 3 atom stereocenters. The van der Waals surface area contributed by atoms with Gasteiger partial charge in [-0.05, 0) is 57.0 Å². The predicted octanol–water partition coefficient (Wildman–Crippen LogP) is 4.57. The highest BCUT2D eigenvalue weighted by Gasteiger charge is 2.36. The summed E-state index contributed by atoms with van der Waals surface area (Å²) in [5, 5.41) is -0.244. The summed E-state index contributed by atoms with van der Waals surface area (Å²) >= 11 is 5.70. The average molecular weight is 336 g/mol. The molecule has 124 valence electrons. The summed E-state index contributed by atoms with van der Waals surface area (Å²) in [5.41, 5.74) is -0.0416. The monoisotopic (exact) mass is 335 g/mol. The number of rotatable bonds is 3. The maximum Gasteiger partial charge on any atom is 0.417 e. The number of alkyl halides is 3. The van der Waals surface area contributed by atoms with Gasteiger partial charge in [-0.15, -0.1) is 0 Å². The second-order valence-electron chi connectivity index (χ2n) is 6.05. The highest BCUT2D eigenvalue weighted by molar-refractivity contribution is 6.31. The molecule has 0 radical (unpaired) electrons. The molecule has 0 aromatic heterocycles. The summed E-state index contributed by atoms with van der Waals surface area (Å²) in [6, 6.07) is 4.47. The second-order valence-corrected chi connectivity index (χ2v) is 6.46. The summed E-state index contributed by atoms with van der Waals surface area (Å²) in [4.78, 5) is 2.08. The maximum absolute atomic E-state index is 13.0. The zero-order valence-electron chi connectivity index (χ0n) is 13.0. The van der Waals surface area contributed by atoms with Crippen molar-refractivity contribution >= 4 is 11.6 Å². The number of ether oxygens (including phenoxy) is 1. The van der Waals surface area contributed by atoms with Crippen molar-refractivity contribution in [3.05, 3.63) is 34.3 Å². The van der Waals surface area contributed by atoms with Gasteiger partial charge in [-0.3, -0.25) is 0 Å². The molecule has 0 aliphatic heterocycles. The molecule has 0 heterocycles. The molecule has 0 amide bonds. The fourth-order valence-corrected chi connectivity index (χ4v) is 3.48. The first-order chi connectivity index (χ1) is 10.2.